The molecule has 1 aliphatic heterocycles. The summed E-state index contributed by atoms with van der Waals surface area (Å²) in [7, 11) is 0. The van der Waals surface area contributed by atoms with Crippen LogP contribution >= 0.6 is 0 Å². The Morgan fingerprint density at radius 3 is 2.90 bits per heavy atom. The molecule has 0 radical (unpaired) electrons. The summed E-state index contributed by atoms with van der Waals surface area (Å²) in [6.07, 6.45) is 1.84. The second-order valence-corrected chi connectivity index (χ2v) is 5.12. The molecule has 1 amide bonds. The van der Waals surface area contributed by atoms with Gasteiger partial charge in [0.05, 0.1) is 13.2 Å². The van der Waals surface area contributed by atoms with Crippen molar-refractivity contribution in [1.29, 1.82) is 0 Å². The summed E-state index contributed by atoms with van der Waals surface area (Å²) in [5.74, 6) is 0.0102. The maximum Gasteiger partial charge on any atom is 0.224 e. The number of hydrogen-bond acceptors (Lipinski definition) is 4. The highest BCUT2D eigenvalue weighted by atomic mass is 16.7. The van der Waals surface area contributed by atoms with Gasteiger partial charge in [-0.15, -0.1) is 0 Å². The first-order chi connectivity index (χ1) is 9.65. The van der Waals surface area contributed by atoms with Crippen molar-refractivity contribution < 1.29 is 14.3 Å². The number of nitrogens with two attached hydrogens (primary N) is 1. The summed E-state index contributed by atoms with van der Waals surface area (Å²) in [6, 6.07) is 7.71. The third-order valence-corrected chi connectivity index (χ3v) is 3.13. The van der Waals surface area contributed by atoms with Gasteiger partial charge < -0.3 is 20.5 Å². The van der Waals surface area contributed by atoms with Crippen LogP contribution < -0.4 is 11.1 Å². The van der Waals surface area contributed by atoms with E-state index in [2.05, 4.69) is 5.32 Å². The van der Waals surface area contributed by atoms with Crippen LogP contribution in [0.15, 0.2) is 24.3 Å². The van der Waals surface area contributed by atoms with Gasteiger partial charge in [0.15, 0.2) is 6.29 Å². The van der Waals surface area contributed by atoms with Gasteiger partial charge in [-0.3, -0.25) is 4.79 Å². The fraction of sp³-hybridized carbons (Fsp3) is 0.533. The zero-order chi connectivity index (χ0) is 14.4. The Kier molecular flexibility index (Phi) is 5.52. The van der Waals surface area contributed by atoms with Crippen LogP contribution in [0, 0.1) is 0 Å². The van der Waals surface area contributed by atoms with E-state index in [-0.39, 0.29) is 18.2 Å². The fourth-order valence-corrected chi connectivity index (χ4v) is 2.12. The predicted octanol–water partition coefficient (Wildman–Crippen LogP) is 2.19. The molecule has 1 fully saturated rings. The highest BCUT2D eigenvalue weighted by Crippen LogP contribution is 2.25. The Labute approximate surface area is 119 Å². The second kappa shape index (κ2) is 7.38. The van der Waals surface area contributed by atoms with Crippen molar-refractivity contribution in [3.05, 3.63) is 29.8 Å². The van der Waals surface area contributed by atoms with Gasteiger partial charge in [-0.05, 0) is 31.9 Å². The average molecular weight is 278 g/mol. The largest absolute Gasteiger partial charge is 0.346 e. The molecule has 1 aromatic carbocycles. The van der Waals surface area contributed by atoms with E-state index < -0.39 is 0 Å². The van der Waals surface area contributed by atoms with E-state index >= 15 is 0 Å². The molecule has 2 rings (SSSR count). The standard InChI is InChI=1S/C15H22N2O3/c1-11(16)4-2-7-14(18)17-13-6-3-5-12(10-13)15-19-8-9-20-15/h3,5-6,10-11,15H,2,4,7-9,16H2,1H3,(H,17,18). The number of hydrogen-bond donors (Lipinski definition) is 2. The van der Waals surface area contributed by atoms with Crippen LogP contribution in [0.4, 0.5) is 5.69 Å². The van der Waals surface area contributed by atoms with Crippen LogP contribution in [0.5, 0.6) is 0 Å². The lowest BCUT2D eigenvalue weighted by Crippen LogP contribution is -2.17. The molecule has 110 valence electrons. The molecule has 1 aliphatic rings. The Morgan fingerprint density at radius 1 is 1.45 bits per heavy atom. The van der Waals surface area contributed by atoms with Crippen molar-refractivity contribution in [3.8, 4) is 0 Å². The Balaban J connectivity index is 1.85. The van der Waals surface area contributed by atoms with Crippen LogP contribution in [0.1, 0.15) is 38.0 Å². The molecular formula is C15H22N2O3. The van der Waals surface area contributed by atoms with E-state index in [1.807, 2.05) is 31.2 Å². The average Bonchev–Trinajstić information content (AvgIpc) is 2.92. The Morgan fingerprint density at radius 2 is 2.20 bits per heavy atom. The van der Waals surface area contributed by atoms with Crippen LogP contribution in [0.3, 0.4) is 0 Å². The third kappa shape index (κ3) is 4.59. The van der Waals surface area contributed by atoms with E-state index in [0.717, 1.165) is 24.1 Å². The lowest BCUT2D eigenvalue weighted by molar-refractivity contribution is -0.116. The van der Waals surface area contributed by atoms with Gasteiger partial charge in [0.1, 0.15) is 0 Å². The van der Waals surface area contributed by atoms with Crippen LogP contribution in [0.25, 0.3) is 0 Å². The van der Waals surface area contributed by atoms with E-state index in [9.17, 15) is 4.79 Å². The van der Waals surface area contributed by atoms with Gasteiger partial charge in [0.25, 0.3) is 0 Å². The van der Waals surface area contributed by atoms with Crippen molar-refractivity contribution in [2.75, 3.05) is 18.5 Å². The summed E-state index contributed by atoms with van der Waals surface area (Å²) < 4.78 is 10.9. The van der Waals surface area contributed by atoms with E-state index in [4.69, 9.17) is 15.2 Å². The predicted molar refractivity (Wildman–Crippen MR) is 77.2 cm³/mol. The number of ether oxygens (including phenoxy) is 2. The van der Waals surface area contributed by atoms with Gasteiger partial charge in [0, 0.05) is 23.7 Å². The van der Waals surface area contributed by atoms with Crippen molar-refractivity contribution in [3.63, 3.8) is 0 Å². The number of amides is 1. The number of carbonyl (C=O) groups is 1. The molecule has 0 aliphatic carbocycles. The number of benzene rings is 1. The SMILES string of the molecule is CC(N)CCCC(=O)Nc1cccc(C2OCCO2)c1. The molecule has 0 saturated carbocycles. The minimum atomic E-state index is -0.315. The van der Waals surface area contributed by atoms with Crippen molar-refractivity contribution >= 4 is 11.6 Å². The number of nitrogens with one attached hydrogen (secondary N) is 1. The summed E-state index contributed by atoms with van der Waals surface area (Å²) >= 11 is 0. The smallest absolute Gasteiger partial charge is 0.224 e. The second-order valence-electron chi connectivity index (χ2n) is 5.12. The molecule has 3 N–H and O–H groups in total. The van der Waals surface area contributed by atoms with Crippen molar-refractivity contribution in [2.45, 2.75) is 38.5 Å². The minimum Gasteiger partial charge on any atom is -0.346 e. The molecule has 1 unspecified atom stereocenters. The highest BCUT2D eigenvalue weighted by molar-refractivity contribution is 5.90. The summed E-state index contributed by atoms with van der Waals surface area (Å²) in [5.41, 5.74) is 7.36. The van der Waals surface area contributed by atoms with Crippen molar-refractivity contribution in [2.24, 2.45) is 5.73 Å². The molecule has 0 spiro atoms. The maximum atomic E-state index is 11.8. The lowest BCUT2D eigenvalue weighted by atomic mass is 10.1. The van der Waals surface area contributed by atoms with E-state index in [1.54, 1.807) is 0 Å². The Bertz CT molecular complexity index is 442. The molecule has 1 atom stereocenters. The molecule has 5 heteroatoms. The quantitative estimate of drug-likeness (QED) is 0.836. The highest BCUT2D eigenvalue weighted by Gasteiger charge is 2.18. The summed E-state index contributed by atoms with van der Waals surface area (Å²) in [4.78, 5) is 11.8. The van der Waals surface area contributed by atoms with E-state index in [0.29, 0.717) is 19.6 Å². The van der Waals surface area contributed by atoms with Gasteiger partial charge in [-0.25, -0.2) is 0 Å². The zero-order valence-corrected chi connectivity index (χ0v) is 11.8. The molecule has 0 bridgehead atoms. The number of carbonyl (C=O) groups excluding carboxylic acids is 1. The molecule has 1 aromatic rings. The molecular weight excluding hydrogens is 256 g/mol. The van der Waals surface area contributed by atoms with Gasteiger partial charge >= 0.3 is 0 Å². The molecule has 20 heavy (non-hydrogen) atoms. The normalized spacial score (nSPS) is 17.1. The first-order valence-corrected chi connectivity index (χ1v) is 7.04. The molecule has 5 nitrogen and oxygen atoms in total. The number of anilines is 1. The molecule has 1 saturated heterocycles. The van der Waals surface area contributed by atoms with Crippen LogP contribution in [0.2, 0.25) is 0 Å². The maximum absolute atomic E-state index is 11.8. The molecule has 0 aromatic heterocycles. The summed E-state index contributed by atoms with van der Waals surface area (Å²) in [5, 5.41) is 2.89. The van der Waals surface area contributed by atoms with Crippen LogP contribution in [-0.2, 0) is 14.3 Å². The van der Waals surface area contributed by atoms with Gasteiger partial charge in [0.2, 0.25) is 5.91 Å². The van der Waals surface area contributed by atoms with Gasteiger partial charge in [-0.2, -0.15) is 0 Å². The number of rotatable bonds is 6. The van der Waals surface area contributed by atoms with Gasteiger partial charge in [-0.1, -0.05) is 12.1 Å². The monoisotopic (exact) mass is 278 g/mol. The fourth-order valence-electron chi connectivity index (χ4n) is 2.12. The summed E-state index contributed by atoms with van der Waals surface area (Å²) in [6.45, 7) is 3.17. The topological polar surface area (TPSA) is 73.6 Å². The molecule has 1 heterocycles. The van der Waals surface area contributed by atoms with E-state index in [1.165, 1.54) is 0 Å². The zero-order valence-electron chi connectivity index (χ0n) is 11.8. The first kappa shape index (κ1) is 15.0. The third-order valence-electron chi connectivity index (χ3n) is 3.13. The minimum absolute atomic E-state index is 0.0102. The lowest BCUT2D eigenvalue weighted by Gasteiger charge is -2.11. The Hall–Kier alpha value is -1.43. The van der Waals surface area contributed by atoms with Crippen molar-refractivity contribution in [1.82, 2.24) is 0 Å². The van der Waals surface area contributed by atoms with Crippen LogP contribution in [-0.4, -0.2) is 25.2 Å². The first-order valence-electron chi connectivity index (χ1n) is 7.04.